The molecule has 0 saturated carbocycles. The van der Waals surface area contributed by atoms with Gasteiger partial charge in [0.05, 0.1) is 10.7 Å². The number of hydrogen-bond donors (Lipinski definition) is 1. The lowest BCUT2D eigenvalue weighted by Gasteiger charge is -2.18. The topological polar surface area (TPSA) is 24.9 Å². The molecule has 1 unspecified atom stereocenters. The first-order chi connectivity index (χ1) is 9.47. The minimum Gasteiger partial charge on any atom is -0.310 e. The number of nitrogens with zero attached hydrogens (tertiary/aromatic N) is 1. The number of aryl methyl sites for hydroxylation is 4. The highest BCUT2D eigenvalue weighted by molar-refractivity contribution is 7.09. The smallest absolute Gasteiger partial charge is 0.0897 e. The van der Waals surface area contributed by atoms with Crippen LogP contribution in [0.4, 0.5) is 0 Å². The van der Waals surface area contributed by atoms with Gasteiger partial charge in [0.15, 0.2) is 0 Å². The molecule has 20 heavy (non-hydrogen) atoms. The van der Waals surface area contributed by atoms with Gasteiger partial charge in [-0.05, 0) is 56.9 Å². The van der Waals surface area contributed by atoms with Crippen LogP contribution in [0.15, 0.2) is 17.5 Å². The van der Waals surface area contributed by atoms with Crippen molar-refractivity contribution in [3.8, 4) is 0 Å². The highest BCUT2D eigenvalue weighted by Crippen LogP contribution is 2.21. The van der Waals surface area contributed by atoms with Crippen LogP contribution in [0.25, 0.3) is 0 Å². The Morgan fingerprint density at radius 2 is 1.80 bits per heavy atom. The number of thiazole rings is 1. The third kappa shape index (κ3) is 3.68. The quantitative estimate of drug-likeness (QED) is 0.888. The van der Waals surface area contributed by atoms with Crippen molar-refractivity contribution in [2.24, 2.45) is 0 Å². The van der Waals surface area contributed by atoms with E-state index in [4.69, 9.17) is 0 Å². The largest absolute Gasteiger partial charge is 0.310 e. The molecule has 0 aliphatic heterocycles. The molecule has 0 amide bonds. The van der Waals surface area contributed by atoms with Crippen LogP contribution in [0.3, 0.4) is 0 Å². The van der Waals surface area contributed by atoms with Crippen LogP contribution in [0.5, 0.6) is 0 Å². The SMILES string of the molecule is Cc1nc(CCNC(C)c2cc(C)c(C)cc2C)cs1. The summed E-state index contributed by atoms with van der Waals surface area (Å²) in [4.78, 5) is 4.50. The van der Waals surface area contributed by atoms with Crippen LogP contribution in [-0.2, 0) is 6.42 Å². The Kier molecular flexibility index (Phi) is 4.95. The van der Waals surface area contributed by atoms with Crippen LogP contribution in [0.2, 0.25) is 0 Å². The van der Waals surface area contributed by atoms with Crippen LogP contribution in [0, 0.1) is 27.7 Å². The van der Waals surface area contributed by atoms with Gasteiger partial charge in [-0.15, -0.1) is 11.3 Å². The first-order valence-corrected chi connectivity index (χ1v) is 8.07. The van der Waals surface area contributed by atoms with E-state index in [9.17, 15) is 0 Å². The maximum Gasteiger partial charge on any atom is 0.0897 e. The van der Waals surface area contributed by atoms with Gasteiger partial charge in [0.2, 0.25) is 0 Å². The zero-order chi connectivity index (χ0) is 14.7. The second kappa shape index (κ2) is 6.51. The van der Waals surface area contributed by atoms with Crippen LogP contribution < -0.4 is 5.32 Å². The molecule has 1 atom stereocenters. The maximum absolute atomic E-state index is 4.50. The molecule has 2 nitrogen and oxygen atoms in total. The Balaban J connectivity index is 1.95. The molecule has 2 aromatic rings. The Morgan fingerprint density at radius 1 is 1.10 bits per heavy atom. The lowest BCUT2D eigenvalue weighted by molar-refractivity contribution is 0.571. The van der Waals surface area contributed by atoms with E-state index in [0.717, 1.165) is 18.0 Å². The highest BCUT2D eigenvalue weighted by atomic mass is 32.1. The monoisotopic (exact) mass is 288 g/mol. The lowest BCUT2D eigenvalue weighted by Crippen LogP contribution is -2.22. The molecular weight excluding hydrogens is 264 g/mol. The summed E-state index contributed by atoms with van der Waals surface area (Å²) in [5.41, 5.74) is 6.72. The van der Waals surface area contributed by atoms with E-state index in [1.807, 2.05) is 0 Å². The van der Waals surface area contributed by atoms with Crippen LogP contribution in [-0.4, -0.2) is 11.5 Å². The number of aromatic nitrogens is 1. The summed E-state index contributed by atoms with van der Waals surface area (Å²) in [6.07, 6.45) is 0.999. The standard InChI is InChI=1S/C17H24N2S/c1-11-8-13(3)17(9-12(11)2)14(4)18-7-6-16-10-20-15(5)19-16/h8-10,14,18H,6-7H2,1-5H3. The summed E-state index contributed by atoms with van der Waals surface area (Å²) in [5.74, 6) is 0. The zero-order valence-corrected chi connectivity index (χ0v) is 13.9. The van der Waals surface area contributed by atoms with Crippen molar-refractivity contribution in [3.05, 3.63) is 50.5 Å². The van der Waals surface area contributed by atoms with E-state index >= 15 is 0 Å². The summed E-state index contributed by atoms with van der Waals surface area (Å²) < 4.78 is 0. The first kappa shape index (κ1) is 15.2. The predicted molar refractivity (Wildman–Crippen MR) is 87.6 cm³/mol. The third-order valence-corrected chi connectivity index (χ3v) is 4.67. The van der Waals surface area contributed by atoms with Gasteiger partial charge in [0, 0.05) is 24.4 Å². The van der Waals surface area contributed by atoms with E-state index < -0.39 is 0 Å². The fourth-order valence-electron chi connectivity index (χ4n) is 2.50. The minimum absolute atomic E-state index is 0.383. The molecule has 1 N–H and O–H groups in total. The van der Waals surface area contributed by atoms with Gasteiger partial charge in [0.1, 0.15) is 0 Å². The summed E-state index contributed by atoms with van der Waals surface area (Å²) >= 11 is 1.73. The summed E-state index contributed by atoms with van der Waals surface area (Å²) in [7, 11) is 0. The van der Waals surface area contributed by atoms with Crippen molar-refractivity contribution in [1.29, 1.82) is 0 Å². The Morgan fingerprint density at radius 3 is 2.45 bits per heavy atom. The first-order valence-electron chi connectivity index (χ1n) is 7.19. The number of nitrogens with one attached hydrogen (secondary N) is 1. The Labute approximate surface area is 126 Å². The second-order valence-electron chi connectivity index (χ2n) is 5.58. The van der Waals surface area contributed by atoms with E-state index in [2.05, 4.69) is 62.4 Å². The van der Waals surface area contributed by atoms with Crippen LogP contribution >= 0.6 is 11.3 Å². The van der Waals surface area contributed by atoms with E-state index in [1.165, 1.54) is 27.9 Å². The number of benzene rings is 1. The highest BCUT2D eigenvalue weighted by Gasteiger charge is 2.09. The van der Waals surface area contributed by atoms with Gasteiger partial charge in [-0.3, -0.25) is 0 Å². The molecule has 3 heteroatoms. The maximum atomic E-state index is 4.50. The van der Waals surface area contributed by atoms with Gasteiger partial charge in [-0.2, -0.15) is 0 Å². The van der Waals surface area contributed by atoms with E-state index in [0.29, 0.717) is 6.04 Å². The summed E-state index contributed by atoms with van der Waals surface area (Å²) in [5, 5.41) is 6.92. The van der Waals surface area contributed by atoms with Crippen LogP contribution in [0.1, 0.15) is 45.9 Å². The summed E-state index contributed by atoms with van der Waals surface area (Å²) in [6, 6.07) is 4.98. The summed E-state index contributed by atoms with van der Waals surface area (Å²) in [6.45, 7) is 11.8. The third-order valence-electron chi connectivity index (χ3n) is 3.85. The Hall–Kier alpha value is -1.19. The van der Waals surface area contributed by atoms with Gasteiger partial charge < -0.3 is 5.32 Å². The number of hydrogen-bond acceptors (Lipinski definition) is 3. The Bertz CT molecular complexity index is 587. The lowest BCUT2D eigenvalue weighted by atomic mass is 9.96. The molecule has 0 saturated heterocycles. The molecule has 1 aromatic carbocycles. The van der Waals surface area contributed by atoms with Crippen molar-refractivity contribution in [3.63, 3.8) is 0 Å². The van der Waals surface area contributed by atoms with E-state index in [1.54, 1.807) is 11.3 Å². The fourth-order valence-corrected chi connectivity index (χ4v) is 3.15. The van der Waals surface area contributed by atoms with Gasteiger partial charge in [-0.25, -0.2) is 4.98 Å². The molecule has 0 radical (unpaired) electrons. The van der Waals surface area contributed by atoms with Gasteiger partial charge >= 0.3 is 0 Å². The molecule has 0 aliphatic carbocycles. The molecule has 2 rings (SSSR count). The second-order valence-corrected chi connectivity index (χ2v) is 6.64. The number of rotatable bonds is 5. The molecule has 1 aromatic heterocycles. The average molecular weight is 288 g/mol. The molecule has 0 spiro atoms. The molecule has 0 bridgehead atoms. The normalized spacial score (nSPS) is 12.7. The molecular formula is C17H24N2S. The van der Waals surface area contributed by atoms with Crippen molar-refractivity contribution >= 4 is 11.3 Å². The van der Waals surface area contributed by atoms with Gasteiger partial charge in [-0.1, -0.05) is 12.1 Å². The van der Waals surface area contributed by atoms with Gasteiger partial charge in [0.25, 0.3) is 0 Å². The molecule has 108 valence electrons. The fraction of sp³-hybridized carbons (Fsp3) is 0.471. The predicted octanol–water partition coefficient (Wildman–Crippen LogP) is 4.27. The van der Waals surface area contributed by atoms with E-state index in [-0.39, 0.29) is 0 Å². The average Bonchev–Trinajstić information content (AvgIpc) is 2.79. The zero-order valence-electron chi connectivity index (χ0n) is 13.1. The van der Waals surface area contributed by atoms with Crippen molar-refractivity contribution in [2.45, 2.75) is 47.1 Å². The molecule has 0 aliphatic rings. The molecule has 0 fully saturated rings. The minimum atomic E-state index is 0.383. The molecule has 1 heterocycles. The van der Waals surface area contributed by atoms with Crippen molar-refractivity contribution < 1.29 is 0 Å². The van der Waals surface area contributed by atoms with Crippen molar-refractivity contribution in [2.75, 3.05) is 6.54 Å². The van der Waals surface area contributed by atoms with Crippen molar-refractivity contribution in [1.82, 2.24) is 10.3 Å².